The van der Waals surface area contributed by atoms with Crippen LogP contribution in [-0.4, -0.2) is 9.78 Å². The molecule has 0 unspecified atom stereocenters. The van der Waals surface area contributed by atoms with Gasteiger partial charge in [0.2, 0.25) is 0 Å². The van der Waals surface area contributed by atoms with Crippen LogP contribution in [0.4, 0.5) is 0 Å². The Bertz CT molecular complexity index is 616. The van der Waals surface area contributed by atoms with Crippen LogP contribution in [0.3, 0.4) is 0 Å². The molecule has 1 N–H and O–H groups in total. The third-order valence-corrected chi connectivity index (χ3v) is 2.61. The highest BCUT2D eigenvalue weighted by Gasteiger charge is 1.99. The van der Waals surface area contributed by atoms with Crippen LogP contribution in [0, 0.1) is 0 Å². The Morgan fingerprint density at radius 3 is 2.75 bits per heavy atom. The molecule has 16 heavy (non-hydrogen) atoms. The zero-order chi connectivity index (χ0) is 11.5. The maximum atomic E-state index is 11.4. The van der Waals surface area contributed by atoms with Crippen LogP contribution < -0.4 is 11.1 Å². The van der Waals surface area contributed by atoms with E-state index in [0.717, 1.165) is 10.0 Å². The molecule has 0 amide bonds. The van der Waals surface area contributed by atoms with E-state index in [9.17, 15) is 9.59 Å². The van der Waals surface area contributed by atoms with Gasteiger partial charge in [0.1, 0.15) is 0 Å². The summed E-state index contributed by atoms with van der Waals surface area (Å²) in [7, 11) is 0. The molecule has 0 spiro atoms. The number of benzene rings is 1. The number of aromatic amines is 1. The zero-order valence-electron chi connectivity index (χ0n) is 8.31. The molecule has 4 nitrogen and oxygen atoms in total. The van der Waals surface area contributed by atoms with E-state index in [2.05, 4.69) is 21.0 Å². The van der Waals surface area contributed by atoms with Crippen molar-refractivity contribution >= 4 is 15.9 Å². The van der Waals surface area contributed by atoms with Crippen molar-refractivity contribution in [2.45, 2.75) is 6.54 Å². The molecule has 0 radical (unpaired) electrons. The smallest absolute Gasteiger partial charge is 0.265 e. The first-order chi connectivity index (χ1) is 7.65. The van der Waals surface area contributed by atoms with E-state index in [1.54, 1.807) is 0 Å². The number of H-pyrrole nitrogens is 1. The van der Waals surface area contributed by atoms with Gasteiger partial charge >= 0.3 is 0 Å². The van der Waals surface area contributed by atoms with Crippen LogP contribution in [0.2, 0.25) is 0 Å². The van der Waals surface area contributed by atoms with Crippen LogP contribution in [0.5, 0.6) is 0 Å². The number of nitrogens with one attached hydrogen (secondary N) is 1. The Kier molecular flexibility index (Phi) is 3.05. The van der Waals surface area contributed by atoms with Crippen molar-refractivity contribution in [3.05, 3.63) is 67.1 Å². The summed E-state index contributed by atoms with van der Waals surface area (Å²) < 4.78 is 2.22. The van der Waals surface area contributed by atoms with Gasteiger partial charge in [0.15, 0.2) is 0 Å². The number of nitrogens with zero attached hydrogens (tertiary/aromatic N) is 1. The van der Waals surface area contributed by atoms with Gasteiger partial charge in [-0.2, -0.15) is 0 Å². The molecule has 0 fully saturated rings. The second kappa shape index (κ2) is 4.49. The quantitative estimate of drug-likeness (QED) is 0.903. The summed E-state index contributed by atoms with van der Waals surface area (Å²) in [4.78, 5) is 22.5. The first-order valence-corrected chi connectivity index (χ1v) is 5.49. The van der Waals surface area contributed by atoms with E-state index < -0.39 is 0 Å². The summed E-state index contributed by atoms with van der Waals surface area (Å²) in [6.07, 6.45) is 0. The maximum absolute atomic E-state index is 11.4. The molecule has 0 aliphatic carbocycles. The van der Waals surface area contributed by atoms with Crippen molar-refractivity contribution in [2.75, 3.05) is 0 Å². The molecule has 0 saturated carbocycles. The van der Waals surface area contributed by atoms with Crippen LogP contribution in [0.15, 0.2) is 50.5 Å². The lowest BCUT2D eigenvalue weighted by Crippen LogP contribution is -2.28. The van der Waals surface area contributed by atoms with Gasteiger partial charge in [-0.25, -0.2) is 4.68 Å². The number of rotatable bonds is 2. The highest BCUT2D eigenvalue weighted by Crippen LogP contribution is 2.11. The summed E-state index contributed by atoms with van der Waals surface area (Å²) in [5.74, 6) is 0. The van der Waals surface area contributed by atoms with Gasteiger partial charge in [-0.05, 0) is 17.7 Å². The molecule has 82 valence electrons. The lowest BCUT2D eigenvalue weighted by atomic mass is 10.2. The fourth-order valence-electron chi connectivity index (χ4n) is 1.40. The molecule has 1 aromatic carbocycles. The van der Waals surface area contributed by atoms with Crippen LogP contribution in [-0.2, 0) is 6.54 Å². The summed E-state index contributed by atoms with van der Waals surface area (Å²) in [6.45, 7) is 0.356. The van der Waals surface area contributed by atoms with E-state index in [-0.39, 0.29) is 11.1 Å². The molecule has 0 aliphatic heterocycles. The summed E-state index contributed by atoms with van der Waals surface area (Å²) in [6, 6.07) is 10.1. The highest BCUT2D eigenvalue weighted by molar-refractivity contribution is 9.10. The van der Waals surface area contributed by atoms with Crippen LogP contribution in [0.1, 0.15) is 5.56 Å². The third-order valence-electron chi connectivity index (χ3n) is 2.12. The standard InChI is InChI=1S/C11H9BrN2O2/c12-9-3-1-2-8(6-9)7-14-11(16)5-4-10(15)13-14/h1-6H,7H2,(H,13,15). The molecule has 1 heterocycles. The molecule has 5 heteroatoms. The highest BCUT2D eigenvalue weighted by atomic mass is 79.9. The largest absolute Gasteiger partial charge is 0.268 e. The van der Waals surface area contributed by atoms with Crippen molar-refractivity contribution < 1.29 is 0 Å². The minimum absolute atomic E-state index is 0.223. The molecule has 2 aromatic rings. The molecule has 0 bridgehead atoms. The minimum Gasteiger partial charge on any atom is -0.268 e. The minimum atomic E-state index is -0.283. The lowest BCUT2D eigenvalue weighted by molar-refractivity contribution is 0.627. The van der Waals surface area contributed by atoms with E-state index in [0.29, 0.717) is 6.54 Å². The molecule has 0 atom stereocenters. The normalized spacial score (nSPS) is 10.3. The maximum Gasteiger partial charge on any atom is 0.265 e. The number of aromatic nitrogens is 2. The van der Waals surface area contributed by atoms with Gasteiger partial charge in [-0.15, -0.1) is 0 Å². The monoisotopic (exact) mass is 280 g/mol. The van der Waals surface area contributed by atoms with Gasteiger partial charge in [0, 0.05) is 16.6 Å². The average molecular weight is 281 g/mol. The first kappa shape index (κ1) is 10.9. The first-order valence-electron chi connectivity index (χ1n) is 4.70. The fourth-order valence-corrected chi connectivity index (χ4v) is 1.84. The summed E-state index contributed by atoms with van der Waals surface area (Å²) in [5, 5.41) is 2.48. The molecule has 1 aromatic heterocycles. The second-order valence-electron chi connectivity index (χ2n) is 3.36. The fraction of sp³-hybridized carbons (Fsp3) is 0.0909. The number of hydrogen-bond acceptors (Lipinski definition) is 2. The van der Waals surface area contributed by atoms with Crippen molar-refractivity contribution in [1.29, 1.82) is 0 Å². The molecular weight excluding hydrogens is 272 g/mol. The Labute approximate surface area is 99.7 Å². The van der Waals surface area contributed by atoms with Crippen LogP contribution in [0.25, 0.3) is 0 Å². The topological polar surface area (TPSA) is 54.9 Å². The summed E-state index contributed by atoms with van der Waals surface area (Å²) in [5.41, 5.74) is 0.437. The Morgan fingerprint density at radius 1 is 1.19 bits per heavy atom. The van der Waals surface area contributed by atoms with Gasteiger partial charge in [0.25, 0.3) is 11.1 Å². The third kappa shape index (κ3) is 2.49. The second-order valence-corrected chi connectivity index (χ2v) is 4.28. The van der Waals surface area contributed by atoms with Gasteiger partial charge in [-0.3, -0.25) is 14.7 Å². The predicted octanol–water partition coefficient (Wildman–Crippen LogP) is 1.35. The molecule has 2 rings (SSSR count). The van der Waals surface area contributed by atoms with Crippen molar-refractivity contribution in [1.82, 2.24) is 9.78 Å². The van der Waals surface area contributed by atoms with E-state index >= 15 is 0 Å². The SMILES string of the molecule is O=c1ccc(=O)n(Cc2cccc(Br)c2)[nH]1. The average Bonchev–Trinajstić information content (AvgIpc) is 2.24. The van der Waals surface area contributed by atoms with Gasteiger partial charge < -0.3 is 0 Å². The lowest BCUT2D eigenvalue weighted by Gasteiger charge is -2.04. The Hall–Kier alpha value is -1.62. The predicted molar refractivity (Wildman–Crippen MR) is 64.6 cm³/mol. The van der Waals surface area contributed by atoms with E-state index in [1.165, 1.54) is 16.8 Å². The Balaban J connectivity index is 2.37. The van der Waals surface area contributed by atoms with E-state index in [4.69, 9.17) is 0 Å². The van der Waals surface area contributed by atoms with Crippen LogP contribution >= 0.6 is 15.9 Å². The number of halogens is 1. The molecule has 0 aliphatic rings. The summed E-state index contributed by atoms with van der Waals surface area (Å²) >= 11 is 3.35. The van der Waals surface area contributed by atoms with Crippen molar-refractivity contribution in [3.63, 3.8) is 0 Å². The zero-order valence-corrected chi connectivity index (χ0v) is 9.90. The van der Waals surface area contributed by atoms with Crippen molar-refractivity contribution in [2.24, 2.45) is 0 Å². The van der Waals surface area contributed by atoms with Gasteiger partial charge in [0.05, 0.1) is 6.54 Å². The van der Waals surface area contributed by atoms with E-state index in [1.807, 2.05) is 24.3 Å². The van der Waals surface area contributed by atoms with Gasteiger partial charge in [-0.1, -0.05) is 28.1 Å². The van der Waals surface area contributed by atoms with Crippen molar-refractivity contribution in [3.8, 4) is 0 Å². The Morgan fingerprint density at radius 2 is 2.00 bits per heavy atom. The molecule has 0 saturated heterocycles. The molecular formula is C11H9BrN2O2. The number of hydrogen-bond donors (Lipinski definition) is 1.